The van der Waals surface area contributed by atoms with Crippen LogP contribution in [-0.2, 0) is 4.74 Å². The van der Waals surface area contributed by atoms with E-state index in [9.17, 15) is 19.8 Å². The number of Topliss-reactive ketones (excluding diaryl/α,β-unsaturated/α-hetero) is 1. The molecule has 0 saturated carbocycles. The summed E-state index contributed by atoms with van der Waals surface area (Å²) in [5.74, 6) is -1.33. The maximum absolute atomic E-state index is 12.3. The Balaban J connectivity index is 1.72. The topological polar surface area (TPSA) is 127 Å². The first kappa shape index (κ1) is 18.4. The molecule has 1 aromatic heterocycles. The summed E-state index contributed by atoms with van der Waals surface area (Å²) >= 11 is 1.12. The number of hydrogen-bond acceptors (Lipinski definition) is 9. The first-order valence-electron chi connectivity index (χ1n) is 7.64. The normalized spacial score (nSPS) is 10.6. The van der Waals surface area contributed by atoms with Gasteiger partial charge < -0.3 is 14.9 Å². The molecular formula is C17H14N4O5S. The number of ether oxygens (including phenoxy) is 1. The summed E-state index contributed by atoms with van der Waals surface area (Å²) in [6.07, 6.45) is 0. The Morgan fingerprint density at radius 3 is 2.44 bits per heavy atom. The van der Waals surface area contributed by atoms with Gasteiger partial charge in [0.05, 0.1) is 24.1 Å². The fourth-order valence-corrected chi connectivity index (χ4v) is 2.98. The summed E-state index contributed by atoms with van der Waals surface area (Å²) in [6, 6.07) is 10.4. The summed E-state index contributed by atoms with van der Waals surface area (Å²) < 4.78 is 6.09. The van der Waals surface area contributed by atoms with Crippen LogP contribution in [0.5, 0.6) is 11.5 Å². The molecule has 0 amide bonds. The number of nitrogens with zero attached hydrogens (tertiary/aromatic N) is 4. The van der Waals surface area contributed by atoms with Gasteiger partial charge >= 0.3 is 5.97 Å². The third-order valence-electron chi connectivity index (χ3n) is 3.60. The number of aromatic hydroxyl groups is 2. The highest BCUT2D eigenvalue weighted by Crippen LogP contribution is 2.26. The molecule has 0 fully saturated rings. The number of thioether (sulfide) groups is 1. The number of carbonyl (C=O) groups excluding carboxylic acids is 2. The molecule has 0 saturated heterocycles. The second kappa shape index (κ2) is 7.87. The first-order valence-corrected chi connectivity index (χ1v) is 8.63. The van der Waals surface area contributed by atoms with Gasteiger partial charge in [-0.3, -0.25) is 4.79 Å². The van der Waals surface area contributed by atoms with Gasteiger partial charge in [-0.15, -0.1) is 5.10 Å². The largest absolute Gasteiger partial charge is 0.504 e. The minimum absolute atomic E-state index is 0.0326. The number of benzene rings is 2. The first-order chi connectivity index (χ1) is 13.0. The van der Waals surface area contributed by atoms with Crippen molar-refractivity contribution in [1.82, 2.24) is 20.2 Å². The SMILES string of the molecule is COC(=O)c1ccc(-n2nnnc2SCC(=O)c2ccc(O)c(O)c2)cc1. The number of hydrogen-bond donors (Lipinski definition) is 2. The van der Waals surface area contributed by atoms with Gasteiger partial charge in [0.2, 0.25) is 5.16 Å². The Bertz CT molecular complexity index is 987. The van der Waals surface area contributed by atoms with Gasteiger partial charge in [-0.1, -0.05) is 11.8 Å². The van der Waals surface area contributed by atoms with Gasteiger partial charge in [-0.2, -0.15) is 4.68 Å². The summed E-state index contributed by atoms with van der Waals surface area (Å²) in [6.45, 7) is 0. The molecule has 2 aromatic carbocycles. The van der Waals surface area contributed by atoms with Gasteiger partial charge in [0.25, 0.3) is 0 Å². The van der Waals surface area contributed by atoms with Crippen molar-refractivity contribution in [2.45, 2.75) is 5.16 Å². The highest BCUT2D eigenvalue weighted by molar-refractivity contribution is 7.99. The highest BCUT2D eigenvalue weighted by atomic mass is 32.2. The van der Waals surface area contributed by atoms with Crippen LogP contribution in [0, 0.1) is 0 Å². The number of methoxy groups -OCH3 is 1. The lowest BCUT2D eigenvalue weighted by Crippen LogP contribution is -2.05. The van der Waals surface area contributed by atoms with E-state index in [4.69, 9.17) is 0 Å². The molecule has 0 spiro atoms. The van der Waals surface area contributed by atoms with E-state index in [1.807, 2.05) is 0 Å². The summed E-state index contributed by atoms with van der Waals surface area (Å²) in [4.78, 5) is 23.8. The second-order valence-corrected chi connectivity index (χ2v) is 6.27. The molecule has 3 aromatic rings. The fraction of sp³-hybridized carbons (Fsp3) is 0.118. The molecule has 0 atom stereocenters. The van der Waals surface area contributed by atoms with E-state index in [0.717, 1.165) is 11.8 Å². The number of phenols is 2. The van der Waals surface area contributed by atoms with Crippen LogP contribution in [0.15, 0.2) is 47.6 Å². The van der Waals surface area contributed by atoms with Crippen molar-refractivity contribution < 1.29 is 24.5 Å². The molecule has 1 heterocycles. The Morgan fingerprint density at radius 2 is 1.78 bits per heavy atom. The van der Waals surface area contributed by atoms with E-state index in [-0.39, 0.29) is 28.6 Å². The van der Waals surface area contributed by atoms with Crippen LogP contribution in [0.4, 0.5) is 0 Å². The molecule has 10 heteroatoms. The lowest BCUT2D eigenvalue weighted by molar-refractivity contribution is 0.0600. The van der Waals surface area contributed by atoms with Gasteiger partial charge in [-0.25, -0.2) is 4.79 Å². The van der Waals surface area contributed by atoms with E-state index in [1.165, 1.54) is 30.0 Å². The molecule has 27 heavy (non-hydrogen) atoms. The van der Waals surface area contributed by atoms with Crippen LogP contribution >= 0.6 is 11.8 Å². The molecule has 3 rings (SSSR count). The molecular weight excluding hydrogens is 372 g/mol. The van der Waals surface area contributed by atoms with E-state index in [1.54, 1.807) is 24.3 Å². The lowest BCUT2D eigenvalue weighted by Gasteiger charge is -2.06. The average Bonchev–Trinajstić information content (AvgIpc) is 3.16. The predicted molar refractivity (Wildman–Crippen MR) is 95.3 cm³/mol. The number of esters is 1. The van der Waals surface area contributed by atoms with Crippen LogP contribution in [0.1, 0.15) is 20.7 Å². The summed E-state index contributed by atoms with van der Waals surface area (Å²) in [5.41, 5.74) is 1.27. The number of tetrazole rings is 1. The van der Waals surface area contributed by atoms with E-state index in [0.29, 0.717) is 16.4 Å². The smallest absolute Gasteiger partial charge is 0.337 e. The quantitative estimate of drug-likeness (QED) is 0.282. The molecule has 0 radical (unpaired) electrons. The Kier molecular flexibility index (Phi) is 5.36. The number of rotatable bonds is 6. The zero-order valence-corrected chi connectivity index (χ0v) is 14.9. The van der Waals surface area contributed by atoms with Crippen LogP contribution in [0.2, 0.25) is 0 Å². The summed E-state index contributed by atoms with van der Waals surface area (Å²) in [7, 11) is 1.30. The molecule has 9 nitrogen and oxygen atoms in total. The molecule has 0 bridgehead atoms. The van der Waals surface area contributed by atoms with Crippen molar-refractivity contribution in [2.75, 3.05) is 12.9 Å². The van der Waals surface area contributed by atoms with Crippen LogP contribution in [0.25, 0.3) is 5.69 Å². The standard InChI is InChI=1S/C17H14N4O5S/c1-26-16(25)10-2-5-12(6-3-10)21-17(18-19-20-21)27-9-15(24)11-4-7-13(22)14(23)8-11/h2-8,22-23H,9H2,1H3. The monoisotopic (exact) mass is 386 g/mol. The van der Waals surface area contributed by atoms with Crippen LogP contribution < -0.4 is 0 Å². The Labute approximate surface area is 157 Å². The molecule has 138 valence electrons. The molecule has 0 aliphatic rings. The van der Waals surface area contributed by atoms with E-state index in [2.05, 4.69) is 20.3 Å². The minimum Gasteiger partial charge on any atom is -0.504 e. The second-order valence-electron chi connectivity index (χ2n) is 5.33. The van der Waals surface area contributed by atoms with Crippen LogP contribution in [0.3, 0.4) is 0 Å². The average molecular weight is 386 g/mol. The van der Waals surface area contributed by atoms with Crippen molar-refractivity contribution in [2.24, 2.45) is 0 Å². The van der Waals surface area contributed by atoms with Crippen LogP contribution in [-0.4, -0.2) is 55.0 Å². The molecule has 0 aliphatic carbocycles. The van der Waals surface area contributed by atoms with Crippen molar-refractivity contribution in [3.63, 3.8) is 0 Å². The summed E-state index contributed by atoms with van der Waals surface area (Å²) in [5, 5.41) is 30.6. The van der Waals surface area contributed by atoms with Gasteiger partial charge in [0.1, 0.15) is 0 Å². The van der Waals surface area contributed by atoms with Crippen molar-refractivity contribution in [1.29, 1.82) is 0 Å². The van der Waals surface area contributed by atoms with E-state index < -0.39 is 5.97 Å². The number of phenolic OH excluding ortho intramolecular Hbond substituents is 2. The van der Waals surface area contributed by atoms with E-state index >= 15 is 0 Å². The predicted octanol–water partition coefficient (Wildman–Crippen LogP) is 1.84. The van der Waals surface area contributed by atoms with Gasteiger partial charge in [-0.05, 0) is 52.9 Å². The third-order valence-corrected chi connectivity index (χ3v) is 4.52. The number of carbonyl (C=O) groups is 2. The number of aromatic nitrogens is 4. The van der Waals surface area contributed by atoms with Gasteiger partial charge in [0, 0.05) is 5.56 Å². The van der Waals surface area contributed by atoms with Crippen molar-refractivity contribution in [3.05, 3.63) is 53.6 Å². The Morgan fingerprint density at radius 1 is 1.07 bits per heavy atom. The zero-order chi connectivity index (χ0) is 19.4. The lowest BCUT2D eigenvalue weighted by atomic mass is 10.1. The van der Waals surface area contributed by atoms with Crippen molar-refractivity contribution in [3.8, 4) is 17.2 Å². The zero-order valence-electron chi connectivity index (χ0n) is 14.1. The Hall–Kier alpha value is -3.40. The highest BCUT2D eigenvalue weighted by Gasteiger charge is 2.14. The molecule has 0 aliphatic heterocycles. The minimum atomic E-state index is -0.449. The maximum atomic E-state index is 12.3. The maximum Gasteiger partial charge on any atom is 0.337 e. The number of ketones is 1. The molecule has 0 unspecified atom stereocenters. The molecule has 2 N–H and O–H groups in total. The third kappa shape index (κ3) is 4.06. The fourth-order valence-electron chi connectivity index (χ4n) is 2.20. The van der Waals surface area contributed by atoms with Crippen molar-refractivity contribution >= 4 is 23.5 Å². The van der Waals surface area contributed by atoms with Gasteiger partial charge in [0.15, 0.2) is 17.3 Å².